The third-order valence-corrected chi connectivity index (χ3v) is 18.1. The van der Waals surface area contributed by atoms with Crippen LogP contribution in [0.25, 0.3) is 44.7 Å². The zero-order valence-corrected chi connectivity index (χ0v) is 56.0. The van der Waals surface area contributed by atoms with E-state index in [1.807, 2.05) is 6.20 Å². The number of ether oxygens (including phenoxy) is 1. The van der Waals surface area contributed by atoms with Crippen LogP contribution in [0.1, 0.15) is 175 Å². The van der Waals surface area contributed by atoms with E-state index in [1.54, 1.807) is 0 Å². The first-order valence-corrected chi connectivity index (χ1v) is 31.5. The van der Waals surface area contributed by atoms with Crippen molar-refractivity contribution in [3.05, 3.63) is 226 Å². The van der Waals surface area contributed by atoms with Crippen molar-refractivity contribution < 1.29 is 9.30 Å². The van der Waals surface area contributed by atoms with Crippen molar-refractivity contribution in [2.75, 3.05) is 4.90 Å². The lowest BCUT2D eigenvalue weighted by Crippen LogP contribution is -2.58. The Kier molecular flexibility index (Phi) is 15.2. The zero-order valence-electron chi connectivity index (χ0n) is 56.0. The standard InChI is InChI=1S/C81H92BN4O/c1-51-41-52(2)74(53(3)42-51)82-67-29-22-23-30-69(67)86(73-47-56(39-40-83-73)78(10,11)12)72-49-60(35-38-68(72)82)87-59-28-26-27-58(48-59)84-50-85(71-32-25-24-31-70(71)84)75-63(61-43-54(76(4,5)6)33-36-65(61)80(16,17)18)45-57(79(13,14)15)46-64(75)62-44-55(77(7,8)9)34-37-66(62)81(19,20)21/h22-50H,1-21H3/q+1. The predicted octanol–water partition coefficient (Wildman–Crippen LogP) is 19.4. The van der Waals surface area contributed by atoms with Gasteiger partial charge in [0.05, 0.1) is 0 Å². The first-order valence-electron chi connectivity index (χ1n) is 31.5. The lowest BCUT2D eigenvalue weighted by molar-refractivity contribution is -0.566. The summed E-state index contributed by atoms with van der Waals surface area (Å²) >= 11 is 0. The molecule has 3 heterocycles. The van der Waals surface area contributed by atoms with Crippen LogP contribution in [0.3, 0.4) is 0 Å². The van der Waals surface area contributed by atoms with Gasteiger partial charge in [-0.1, -0.05) is 238 Å². The maximum atomic E-state index is 7.16. The molecule has 0 aliphatic carbocycles. The zero-order chi connectivity index (χ0) is 62.7. The van der Waals surface area contributed by atoms with E-state index >= 15 is 0 Å². The number of benzene rings is 8. The van der Waals surface area contributed by atoms with Gasteiger partial charge in [-0.05, 0) is 169 Å². The number of nitrogens with zero attached hydrogens (tertiary/aromatic N) is 4. The molecule has 11 rings (SSSR count). The van der Waals surface area contributed by atoms with Gasteiger partial charge < -0.3 is 4.74 Å². The molecule has 8 aromatic carbocycles. The summed E-state index contributed by atoms with van der Waals surface area (Å²) in [6.45, 7) is 48.8. The first kappa shape index (κ1) is 60.7. The van der Waals surface area contributed by atoms with Crippen molar-refractivity contribution in [3.8, 4) is 45.1 Å². The molecule has 0 fully saturated rings. The average Bonchev–Trinajstić information content (AvgIpc) is 1.59. The smallest absolute Gasteiger partial charge is 0.255 e. The summed E-state index contributed by atoms with van der Waals surface area (Å²) in [5, 5.41) is 0. The number of rotatable bonds is 8. The van der Waals surface area contributed by atoms with E-state index in [0.29, 0.717) is 0 Å². The van der Waals surface area contributed by atoms with E-state index in [1.165, 1.54) is 88.7 Å². The molecule has 0 saturated heterocycles. The Morgan fingerprint density at radius 1 is 0.425 bits per heavy atom. The van der Waals surface area contributed by atoms with Crippen molar-refractivity contribution in [1.82, 2.24) is 9.55 Å². The number of hydrogen-bond acceptors (Lipinski definition) is 3. The fraction of sp³-hybridized carbons (Fsp3) is 0.333. The lowest BCUT2D eigenvalue weighted by atomic mass is 9.34. The quantitative estimate of drug-likeness (QED) is 0.112. The summed E-state index contributed by atoms with van der Waals surface area (Å²) in [4.78, 5) is 7.48. The highest BCUT2D eigenvalue weighted by molar-refractivity contribution is 6.98. The predicted molar refractivity (Wildman–Crippen MR) is 372 cm³/mol. The molecule has 0 N–H and O–H groups in total. The number of hydrogen-bond donors (Lipinski definition) is 0. The van der Waals surface area contributed by atoms with Gasteiger partial charge in [-0.15, -0.1) is 0 Å². The molecule has 0 unspecified atom stereocenters. The molecule has 6 heteroatoms. The van der Waals surface area contributed by atoms with Gasteiger partial charge in [-0.3, -0.25) is 4.90 Å². The summed E-state index contributed by atoms with van der Waals surface area (Å²) in [6, 6.07) is 61.8. The minimum absolute atomic E-state index is 0.000561. The second-order valence-corrected chi connectivity index (χ2v) is 31.1. The molecule has 87 heavy (non-hydrogen) atoms. The van der Waals surface area contributed by atoms with Gasteiger partial charge in [0.1, 0.15) is 28.7 Å². The van der Waals surface area contributed by atoms with Gasteiger partial charge in [0.2, 0.25) is 6.71 Å². The summed E-state index contributed by atoms with van der Waals surface area (Å²) in [5.41, 5.74) is 26.3. The number of para-hydroxylation sites is 3. The number of pyridine rings is 1. The summed E-state index contributed by atoms with van der Waals surface area (Å²) in [7, 11) is 0. The molecular weight excluding hydrogens is 1060 g/mol. The maximum Gasteiger partial charge on any atom is 0.255 e. The van der Waals surface area contributed by atoms with Crippen molar-refractivity contribution in [2.24, 2.45) is 0 Å². The molecule has 1 aliphatic rings. The van der Waals surface area contributed by atoms with E-state index in [4.69, 9.17) is 9.72 Å². The van der Waals surface area contributed by atoms with Crippen LogP contribution in [0.2, 0.25) is 0 Å². The molecule has 1 aliphatic heterocycles. The minimum Gasteiger partial charge on any atom is -0.457 e. The fourth-order valence-corrected chi connectivity index (χ4v) is 13.3. The Hall–Kier alpha value is -7.96. The number of fused-ring (bicyclic) bond motifs is 3. The highest BCUT2D eigenvalue weighted by Gasteiger charge is 2.39. The molecule has 0 radical (unpaired) electrons. The molecule has 444 valence electrons. The Balaban J connectivity index is 1.13. The molecule has 0 spiro atoms. The SMILES string of the molecule is Cc1cc(C)c(B2c3ccccc3N(c3cc(C(C)(C)C)ccn3)c3cc(Oc4cccc(-n5c[n+](-c6c(-c7cc(C(C)(C)C)ccc7C(C)(C)C)cc(C(C)(C)C)cc6-c6cc(C(C)(C)C)ccc6C(C)(C)C)c6ccccc65)c4)ccc32)c(C)c1. The number of anilines is 3. The third-order valence-electron chi connectivity index (χ3n) is 18.1. The highest BCUT2D eigenvalue weighted by atomic mass is 16.5. The van der Waals surface area contributed by atoms with Crippen LogP contribution in [-0.2, 0) is 32.5 Å². The van der Waals surface area contributed by atoms with Crippen LogP contribution in [0.4, 0.5) is 17.2 Å². The van der Waals surface area contributed by atoms with Crippen LogP contribution in [0, 0.1) is 20.8 Å². The average molecular weight is 1150 g/mol. The molecule has 0 amide bonds. The van der Waals surface area contributed by atoms with E-state index in [9.17, 15) is 0 Å². The van der Waals surface area contributed by atoms with Crippen LogP contribution in [0.5, 0.6) is 11.5 Å². The van der Waals surface area contributed by atoms with Gasteiger partial charge in [-0.25, -0.2) is 4.98 Å². The lowest BCUT2D eigenvalue weighted by Gasteiger charge is -2.37. The molecule has 0 atom stereocenters. The van der Waals surface area contributed by atoms with Crippen LogP contribution in [0.15, 0.2) is 176 Å². The Morgan fingerprint density at radius 2 is 0.943 bits per heavy atom. The van der Waals surface area contributed by atoms with E-state index in [-0.39, 0.29) is 39.2 Å². The first-order chi connectivity index (χ1) is 40.7. The van der Waals surface area contributed by atoms with E-state index in [2.05, 4.69) is 330 Å². The van der Waals surface area contributed by atoms with Gasteiger partial charge in [0.25, 0.3) is 6.33 Å². The topological polar surface area (TPSA) is 34.2 Å². The second kappa shape index (κ2) is 21.7. The minimum atomic E-state index is -0.163. The largest absolute Gasteiger partial charge is 0.457 e. The molecule has 5 nitrogen and oxygen atoms in total. The van der Waals surface area contributed by atoms with Crippen molar-refractivity contribution in [1.29, 1.82) is 0 Å². The van der Waals surface area contributed by atoms with Crippen molar-refractivity contribution >= 4 is 51.3 Å². The normalized spacial score (nSPS) is 13.3. The van der Waals surface area contributed by atoms with Crippen molar-refractivity contribution in [2.45, 2.75) is 178 Å². The highest BCUT2D eigenvalue weighted by Crippen LogP contribution is 2.47. The van der Waals surface area contributed by atoms with E-state index < -0.39 is 0 Å². The summed E-state index contributed by atoms with van der Waals surface area (Å²) < 4.78 is 12.0. The second-order valence-electron chi connectivity index (χ2n) is 31.1. The molecule has 0 bridgehead atoms. The van der Waals surface area contributed by atoms with Gasteiger partial charge in [-0.2, -0.15) is 9.13 Å². The number of imidazole rings is 1. The number of aromatic nitrogens is 3. The monoisotopic (exact) mass is 1150 g/mol. The van der Waals surface area contributed by atoms with Crippen molar-refractivity contribution in [3.63, 3.8) is 0 Å². The molecule has 0 saturated carbocycles. The maximum absolute atomic E-state index is 7.16. The molecule has 2 aromatic heterocycles. The molecular formula is C81H92BN4O+. The van der Waals surface area contributed by atoms with Gasteiger partial charge in [0, 0.05) is 40.8 Å². The fourth-order valence-electron chi connectivity index (χ4n) is 13.3. The van der Waals surface area contributed by atoms with Crippen LogP contribution < -0.4 is 30.6 Å². The third kappa shape index (κ3) is 11.6. The van der Waals surface area contributed by atoms with Crippen LogP contribution in [-0.4, -0.2) is 16.3 Å². The molecule has 10 aromatic rings. The Bertz CT molecular complexity index is 4180. The summed E-state index contributed by atoms with van der Waals surface area (Å²) in [6.07, 6.45) is 4.29. The van der Waals surface area contributed by atoms with Gasteiger partial charge >= 0.3 is 0 Å². The number of aryl methyl sites for hydroxylation is 3. The van der Waals surface area contributed by atoms with Crippen LogP contribution >= 0.6 is 0 Å². The Labute approximate surface area is 521 Å². The van der Waals surface area contributed by atoms with E-state index in [0.717, 1.165) is 51.1 Å². The summed E-state index contributed by atoms with van der Waals surface area (Å²) in [5.74, 6) is 2.37. The van der Waals surface area contributed by atoms with Gasteiger partial charge in [0.15, 0.2) is 11.0 Å². The Morgan fingerprint density at radius 3 is 1.52 bits per heavy atom.